The first-order chi connectivity index (χ1) is 12.1. The maximum Gasteiger partial charge on any atom is 0.223 e. The van der Waals surface area contributed by atoms with Crippen molar-refractivity contribution in [3.63, 3.8) is 0 Å². The lowest BCUT2D eigenvalue weighted by molar-refractivity contribution is -0.128. The molecule has 0 unspecified atom stereocenters. The maximum atomic E-state index is 12.1. The molecule has 0 bridgehead atoms. The van der Waals surface area contributed by atoms with Gasteiger partial charge in [0, 0.05) is 46.1 Å². The van der Waals surface area contributed by atoms with Crippen LogP contribution in [0.3, 0.4) is 0 Å². The van der Waals surface area contributed by atoms with Crippen LogP contribution in [0.5, 0.6) is 0 Å². The van der Waals surface area contributed by atoms with Crippen LogP contribution in [-0.4, -0.2) is 82.0 Å². The Morgan fingerprint density at radius 2 is 2.04 bits per heavy atom. The summed E-state index contributed by atoms with van der Waals surface area (Å²) in [5.41, 5.74) is 0. The maximum absolute atomic E-state index is 12.1. The summed E-state index contributed by atoms with van der Waals surface area (Å²) in [7, 11) is 3.59. The Kier molecular flexibility index (Phi) is 6.03. The Morgan fingerprint density at radius 3 is 2.68 bits per heavy atom. The van der Waals surface area contributed by atoms with Gasteiger partial charge in [0.25, 0.3) is 0 Å². The molecule has 0 saturated carbocycles. The fourth-order valence-electron chi connectivity index (χ4n) is 4.00. The van der Waals surface area contributed by atoms with Crippen LogP contribution in [0, 0.1) is 5.92 Å². The number of hydrogen-bond donors (Lipinski definition) is 1. The predicted molar refractivity (Wildman–Crippen MR) is 91.9 cm³/mol. The molecule has 2 saturated heterocycles. The van der Waals surface area contributed by atoms with E-state index in [-0.39, 0.29) is 12.5 Å². The van der Waals surface area contributed by atoms with Crippen molar-refractivity contribution < 1.29 is 14.6 Å². The smallest absolute Gasteiger partial charge is 0.223 e. The van der Waals surface area contributed by atoms with Gasteiger partial charge in [0.05, 0.1) is 6.61 Å². The van der Waals surface area contributed by atoms with E-state index in [1.54, 1.807) is 7.11 Å². The van der Waals surface area contributed by atoms with Crippen molar-refractivity contribution in [2.45, 2.75) is 31.8 Å². The molecule has 1 atom stereocenters. The average molecular weight is 351 g/mol. The minimum atomic E-state index is -0.0718. The second-order valence-corrected chi connectivity index (χ2v) is 7.17. The number of nitrogens with zero attached hydrogens (tertiary/aromatic N) is 5. The van der Waals surface area contributed by atoms with Crippen molar-refractivity contribution in [2.75, 3.05) is 46.4 Å². The number of ether oxygens (including phenoxy) is 1. The van der Waals surface area contributed by atoms with Crippen LogP contribution >= 0.6 is 0 Å². The molecule has 2 aliphatic heterocycles. The molecule has 3 rings (SSSR count). The number of aliphatic hydroxyl groups excluding tert-OH is 1. The van der Waals surface area contributed by atoms with Gasteiger partial charge in [-0.3, -0.25) is 4.79 Å². The number of rotatable bonds is 7. The molecule has 3 heterocycles. The summed E-state index contributed by atoms with van der Waals surface area (Å²) in [5, 5.41) is 17.6. The third-order valence-electron chi connectivity index (χ3n) is 5.47. The van der Waals surface area contributed by atoms with Crippen molar-refractivity contribution in [1.29, 1.82) is 0 Å². The van der Waals surface area contributed by atoms with E-state index in [1.807, 2.05) is 16.5 Å². The SMILES string of the molecule is COCCN1C[C@H](CN2CCC(c3nnc(CO)n3C)CC2)CC1=O. The van der Waals surface area contributed by atoms with E-state index in [0.717, 1.165) is 44.8 Å². The van der Waals surface area contributed by atoms with Crippen molar-refractivity contribution in [3.05, 3.63) is 11.6 Å². The molecule has 2 fully saturated rings. The van der Waals surface area contributed by atoms with E-state index in [9.17, 15) is 9.90 Å². The number of likely N-dealkylation sites (tertiary alicyclic amines) is 2. The summed E-state index contributed by atoms with van der Waals surface area (Å²) in [6, 6.07) is 0. The lowest BCUT2D eigenvalue weighted by atomic mass is 9.95. The molecule has 0 aromatic carbocycles. The first kappa shape index (κ1) is 18.3. The zero-order valence-electron chi connectivity index (χ0n) is 15.2. The Labute approximate surface area is 148 Å². The molecule has 1 amide bonds. The van der Waals surface area contributed by atoms with Gasteiger partial charge in [-0.1, -0.05) is 0 Å². The Bertz CT molecular complexity index is 583. The topological polar surface area (TPSA) is 83.7 Å². The highest BCUT2D eigenvalue weighted by Crippen LogP contribution is 2.28. The second-order valence-electron chi connectivity index (χ2n) is 7.17. The Hall–Kier alpha value is -1.51. The third kappa shape index (κ3) is 4.19. The van der Waals surface area contributed by atoms with Crippen molar-refractivity contribution in [2.24, 2.45) is 13.0 Å². The van der Waals surface area contributed by atoms with Gasteiger partial charge in [-0.2, -0.15) is 0 Å². The molecule has 1 aromatic rings. The number of hydrogen-bond acceptors (Lipinski definition) is 6. The average Bonchev–Trinajstić information content (AvgIpc) is 3.16. The first-order valence-corrected chi connectivity index (χ1v) is 9.10. The zero-order valence-corrected chi connectivity index (χ0v) is 15.2. The molecule has 2 aliphatic rings. The molecule has 25 heavy (non-hydrogen) atoms. The minimum absolute atomic E-state index is 0.0718. The van der Waals surface area contributed by atoms with Gasteiger partial charge >= 0.3 is 0 Å². The van der Waals surface area contributed by atoms with E-state index in [0.29, 0.717) is 37.2 Å². The van der Waals surface area contributed by atoms with Crippen LogP contribution in [0.1, 0.15) is 36.8 Å². The van der Waals surface area contributed by atoms with Crippen molar-refractivity contribution in [3.8, 4) is 0 Å². The number of amides is 1. The van der Waals surface area contributed by atoms with E-state index in [2.05, 4.69) is 15.1 Å². The fraction of sp³-hybridized carbons (Fsp3) is 0.824. The van der Waals surface area contributed by atoms with E-state index >= 15 is 0 Å². The largest absolute Gasteiger partial charge is 0.388 e. The van der Waals surface area contributed by atoms with Gasteiger partial charge in [0.15, 0.2) is 5.82 Å². The Morgan fingerprint density at radius 1 is 1.28 bits per heavy atom. The number of carbonyl (C=O) groups is 1. The molecule has 0 radical (unpaired) electrons. The summed E-state index contributed by atoms with van der Waals surface area (Å²) in [6.07, 6.45) is 2.75. The number of aromatic nitrogens is 3. The van der Waals surface area contributed by atoms with E-state index in [4.69, 9.17) is 4.74 Å². The number of aliphatic hydroxyl groups is 1. The van der Waals surface area contributed by atoms with E-state index < -0.39 is 0 Å². The highest BCUT2D eigenvalue weighted by atomic mass is 16.5. The number of carbonyl (C=O) groups excluding carboxylic acids is 1. The molecule has 0 aliphatic carbocycles. The standard InChI is InChI=1S/C17H29N5O3/c1-20-15(12-23)18-19-17(20)14-3-5-21(6-4-14)10-13-9-16(24)22(11-13)7-8-25-2/h13-14,23H,3-12H2,1-2H3/t13-/m0/s1. The Balaban J connectivity index is 1.47. The number of methoxy groups -OCH3 is 1. The molecule has 140 valence electrons. The molecular weight excluding hydrogens is 322 g/mol. The van der Waals surface area contributed by atoms with Crippen LogP contribution in [0.2, 0.25) is 0 Å². The van der Waals surface area contributed by atoms with Gasteiger partial charge in [-0.15, -0.1) is 10.2 Å². The molecule has 8 nitrogen and oxygen atoms in total. The lowest BCUT2D eigenvalue weighted by Gasteiger charge is -2.33. The van der Waals surface area contributed by atoms with E-state index in [1.165, 1.54) is 0 Å². The summed E-state index contributed by atoms with van der Waals surface area (Å²) in [6.45, 7) is 5.12. The van der Waals surface area contributed by atoms with Crippen LogP contribution in [0.25, 0.3) is 0 Å². The molecular formula is C17H29N5O3. The van der Waals surface area contributed by atoms with Gasteiger partial charge in [-0.25, -0.2) is 0 Å². The van der Waals surface area contributed by atoms with Gasteiger partial charge in [-0.05, 0) is 31.8 Å². The fourth-order valence-corrected chi connectivity index (χ4v) is 4.00. The van der Waals surface area contributed by atoms with Gasteiger partial charge in [0.2, 0.25) is 5.91 Å². The van der Waals surface area contributed by atoms with Crippen LogP contribution < -0.4 is 0 Å². The minimum Gasteiger partial charge on any atom is -0.388 e. The predicted octanol–water partition coefficient (Wildman–Crippen LogP) is -0.0183. The van der Waals surface area contributed by atoms with Crippen LogP contribution in [0.4, 0.5) is 0 Å². The summed E-state index contributed by atoms with van der Waals surface area (Å²) in [5.74, 6) is 2.69. The van der Waals surface area contributed by atoms with Crippen molar-refractivity contribution in [1.82, 2.24) is 24.6 Å². The highest BCUT2D eigenvalue weighted by molar-refractivity contribution is 5.78. The monoisotopic (exact) mass is 351 g/mol. The quantitative estimate of drug-likeness (QED) is 0.743. The normalized spacial score (nSPS) is 22.9. The molecule has 1 aromatic heterocycles. The number of piperidine rings is 1. The van der Waals surface area contributed by atoms with Gasteiger partial charge < -0.3 is 24.2 Å². The van der Waals surface area contributed by atoms with Crippen LogP contribution in [-0.2, 0) is 23.2 Å². The lowest BCUT2D eigenvalue weighted by Crippen LogP contribution is -2.38. The summed E-state index contributed by atoms with van der Waals surface area (Å²) >= 11 is 0. The molecule has 0 spiro atoms. The molecule has 8 heteroatoms. The molecule has 1 N–H and O–H groups in total. The van der Waals surface area contributed by atoms with Crippen molar-refractivity contribution >= 4 is 5.91 Å². The first-order valence-electron chi connectivity index (χ1n) is 9.10. The van der Waals surface area contributed by atoms with Crippen LogP contribution in [0.15, 0.2) is 0 Å². The summed E-state index contributed by atoms with van der Waals surface area (Å²) in [4.78, 5) is 16.4. The highest BCUT2D eigenvalue weighted by Gasteiger charge is 2.32. The zero-order chi connectivity index (χ0) is 17.8. The summed E-state index contributed by atoms with van der Waals surface area (Å²) < 4.78 is 7.00. The third-order valence-corrected chi connectivity index (χ3v) is 5.47. The second kappa shape index (κ2) is 8.25. The van der Waals surface area contributed by atoms with Gasteiger partial charge in [0.1, 0.15) is 12.4 Å².